The highest BCUT2D eigenvalue weighted by atomic mass is 16.1. The summed E-state index contributed by atoms with van der Waals surface area (Å²) < 4.78 is 3.26. The second kappa shape index (κ2) is 3.99. The first-order chi connectivity index (χ1) is 9.86. The molecule has 1 aromatic carbocycles. The standard InChI is InChI=1S/C14H9N5O/c20-14-12-11(8-15-9-17-12)13-16-6-7-18(13)19(14)10-4-2-1-3-5-10/h1-9H. The molecule has 6 nitrogen and oxygen atoms in total. The molecule has 0 atom stereocenters. The maximum atomic E-state index is 12.7. The third-order valence-corrected chi connectivity index (χ3v) is 3.19. The van der Waals surface area contributed by atoms with E-state index in [1.807, 2.05) is 30.3 Å². The van der Waals surface area contributed by atoms with Gasteiger partial charge in [-0.05, 0) is 12.1 Å². The van der Waals surface area contributed by atoms with Crippen molar-refractivity contribution in [1.82, 2.24) is 24.1 Å². The number of nitrogens with zero attached hydrogens (tertiary/aromatic N) is 5. The topological polar surface area (TPSA) is 65.1 Å². The van der Waals surface area contributed by atoms with Gasteiger partial charge in [0.25, 0.3) is 5.56 Å². The van der Waals surface area contributed by atoms with Crippen LogP contribution < -0.4 is 5.56 Å². The van der Waals surface area contributed by atoms with Crippen molar-refractivity contribution < 1.29 is 0 Å². The summed E-state index contributed by atoms with van der Waals surface area (Å²) in [5, 5.41) is 0.648. The quantitative estimate of drug-likeness (QED) is 0.521. The molecule has 0 fully saturated rings. The number of fused-ring (bicyclic) bond motifs is 3. The fourth-order valence-electron chi connectivity index (χ4n) is 2.32. The Bertz CT molecular complexity index is 971. The molecule has 0 aliphatic rings. The summed E-state index contributed by atoms with van der Waals surface area (Å²) in [7, 11) is 0. The highest BCUT2D eigenvalue weighted by Gasteiger charge is 2.13. The van der Waals surface area contributed by atoms with E-state index in [1.165, 1.54) is 6.33 Å². The Balaban J connectivity index is 2.27. The lowest BCUT2D eigenvalue weighted by Gasteiger charge is -2.10. The van der Waals surface area contributed by atoms with Gasteiger partial charge in [-0.25, -0.2) is 24.1 Å². The molecule has 3 heterocycles. The van der Waals surface area contributed by atoms with E-state index < -0.39 is 0 Å². The maximum absolute atomic E-state index is 12.7. The highest BCUT2D eigenvalue weighted by Crippen LogP contribution is 2.14. The number of hydrogen-bond acceptors (Lipinski definition) is 4. The van der Waals surface area contributed by atoms with E-state index in [4.69, 9.17) is 0 Å². The predicted octanol–water partition coefficient (Wildman–Crippen LogP) is 1.43. The molecule has 0 N–H and O–H groups in total. The summed E-state index contributed by atoms with van der Waals surface area (Å²) in [6.45, 7) is 0. The van der Waals surface area contributed by atoms with Crippen LogP contribution in [0.15, 0.2) is 60.0 Å². The molecule has 3 aromatic heterocycles. The van der Waals surface area contributed by atoms with E-state index in [1.54, 1.807) is 27.8 Å². The molecule has 96 valence electrons. The number of imidazole rings is 1. The largest absolute Gasteiger partial charge is 0.296 e. The smallest absolute Gasteiger partial charge is 0.265 e. The van der Waals surface area contributed by atoms with E-state index in [0.717, 1.165) is 5.69 Å². The average molecular weight is 263 g/mol. The third-order valence-electron chi connectivity index (χ3n) is 3.19. The Labute approximate surface area is 113 Å². The van der Waals surface area contributed by atoms with E-state index in [0.29, 0.717) is 16.6 Å². The lowest BCUT2D eigenvalue weighted by Crippen LogP contribution is -2.25. The van der Waals surface area contributed by atoms with Gasteiger partial charge in [0.05, 0.1) is 11.1 Å². The van der Waals surface area contributed by atoms with Crippen molar-refractivity contribution in [2.24, 2.45) is 0 Å². The predicted molar refractivity (Wildman–Crippen MR) is 73.9 cm³/mol. The van der Waals surface area contributed by atoms with Gasteiger partial charge in [0, 0.05) is 18.6 Å². The summed E-state index contributed by atoms with van der Waals surface area (Å²) in [5.74, 6) is 0. The minimum Gasteiger partial charge on any atom is -0.265 e. The fourth-order valence-corrected chi connectivity index (χ4v) is 2.32. The SMILES string of the molecule is O=c1c2ncncc2c2nccn2n1-c1ccccc1. The van der Waals surface area contributed by atoms with Crippen LogP contribution in [0.2, 0.25) is 0 Å². The molecule has 0 amide bonds. The van der Waals surface area contributed by atoms with Crippen LogP contribution in [0.4, 0.5) is 0 Å². The van der Waals surface area contributed by atoms with Crippen LogP contribution in [0.3, 0.4) is 0 Å². The molecule has 0 saturated carbocycles. The van der Waals surface area contributed by atoms with Crippen LogP contribution in [0.25, 0.3) is 22.2 Å². The van der Waals surface area contributed by atoms with Crippen LogP contribution in [0, 0.1) is 0 Å². The van der Waals surface area contributed by atoms with Gasteiger partial charge in [-0.3, -0.25) is 4.79 Å². The molecule has 6 heteroatoms. The van der Waals surface area contributed by atoms with Crippen LogP contribution in [-0.2, 0) is 0 Å². The van der Waals surface area contributed by atoms with Crippen LogP contribution >= 0.6 is 0 Å². The molecule has 0 aliphatic carbocycles. The second-order valence-electron chi connectivity index (χ2n) is 4.33. The van der Waals surface area contributed by atoms with Crippen molar-refractivity contribution in [2.75, 3.05) is 0 Å². The summed E-state index contributed by atoms with van der Waals surface area (Å²) in [5.41, 5.74) is 1.59. The summed E-state index contributed by atoms with van der Waals surface area (Å²) in [6, 6.07) is 9.41. The molecular weight excluding hydrogens is 254 g/mol. The van der Waals surface area contributed by atoms with Gasteiger partial charge >= 0.3 is 0 Å². The first-order valence-corrected chi connectivity index (χ1v) is 6.10. The molecule has 20 heavy (non-hydrogen) atoms. The minimum absolute atomic E-state index is 0.195. The lowest BCUT2D eigenvalue weighted by atomic mass is 10.3. The maximum Gasteiger partial charge on any atom is 0.296 e. The van der Waals surface area contributed by atoms with Gasteiger partial charge in [0.2, 0.25) is 0 Å². The summed E-state index contributed by atoms with van der Waals surface area (Å²) >= 11 is 0. The zero-order valence-electron chi connectivity index (χ0n) is 10.3. The zero-order valence-corrected chi connectivity index (χ0v) is 10.3. The molecule has 0 unspecified atom stereocenters. The Morgan fingerprint density at radius 2 is 1.90 bits per heavy atom. The first-order valence-electron chi connectivity index (χ1n) is 6.10. The molecule has 0 radical (unpaired) electrons. The number of aromatic nitrogens is 5. The Hall–Kier alpha value is -3.02. The first kappa shape index (κ1) is 10.9. The van der Waals surface area contributed by atoms with Gasteiger partial charge in [0.1, 0.15) is 11.8 Å². The summed E-state index contributed by atoms with van der Waals surface area (Å²) in [4.78, 5) is 25.0. The molecule has 4 aromatic rings. The molecule has 0 spiro atoms. The van der Waals surface area contributed by atoms with E-state index in [9.17, 15) is 4.79 Å². The van der Waals surface area contributed by atoms with Gasteiger partial charge in [0.15, 0.2) is 5.65 Å². The molecular formula is C14H9N5O. The Morgan fingerprint density at radius 1 is 1.05 bits per heavy atom. The average Bonchev–Trinajstić information content (AvgIpc) is 2.98. The number of rotatable bonds is 1. The van der Waals surface area contributed by atoms with Crippen LogP contribution in [-0.4, -0.2) is 24.1 Å². The molecule has 0 bridgehead atoms. The fraction of sp³-hybridized carbons (Fsp3) is 0. The lowest BCUT2D eigenvalue weighted by molar-refractivity contribution is 0.755. The van der Waals surface area contributed by atoms with Gasteiger partial charge in [-0.2, -0.15) is 0 Å². The number of hydrogen-bond donors (Lipinski definition) is 0. The number of benzene rings is 1. The van der Waals surface area contributed by atoms with Gasteiger partial charge < -0.3 is 0 Å². The highest BCUT2D eigenvalue weighted by molar-refractivity contribution is 5.89. The third kappa shape index (κ3) is 1.38. The second-order valence-corrected chi connectivity index (χ2v) is 4.33. The van der Waals surface area contributed by atoms with Crippen molar-refractivity contribution >= 4 is 16.6 Å². The van der Waals surface area contributed by atoms with Crippen molar-refractivity contribution in [3.63, 3.8) is 0 Å². The summed E-state index contributed by atoms with van der Waals surface area (Å²) in [6.07, 6.45) is 6.39. The van der Waals surface area contributed by atoms with Gasteiger partial charge in [-0.15, -0.1) is 0 Å². The molecule has 4 rings (SSSR count). The van der Waals surface area contributed by atoms with E-state index >= 15 is 0 Å². The van der Waals surface area contributed by atoms with Crippen LogP contribution in [0.1, 0.15) is 0 Å². The van der Waals surface area contributed by atoms with Crippen molar-refractivity contribution in [3.8, 4) is 5.69 Å². The Kier molecular flexibility index (Phi) is 2.17. The van der Waals surface area contributed by atoms with Crippen molar-refractivity contribution in [3.05, 3.63) is 65.6 Å². The van der Waals surface area contributed by atoms with Crippen LogP contribution in [0.5, 0.6) is 0 Å². The van der Waals surface area contributed by atoms with Gasteiger partial charge in [-0.1, -0.05) is 18.2 Å². The van der Waals surface area contributed by atoms with E-state index in [2.05, 4.69) is 15.0 Å². The minimum atomic E-state index is -0.195. The van der Waals surface area contributed by atoms with Crippen molar-refractivity contribution in [1.29, 1.82) is 0 Å². The number of para-hydroxylation sites is 1. The molecule has 0 aliphatic heterocycles. The molecule has 0 saturated heterocycles. The van der Waals surface area contributed by atoms with E-state index in [-0.39, 0.29) is 5.56 Å². The van der Waals surface area contributed by atoms with Crippen molar-refractivity contribution in [2.45, 2.75) is 0 Å². The Morgan fingerprint density at radius 3 is 2.75 bits per heavy atom. The zero-order chi connectivity index (χ0) is 13.5. The monoisotopic (exact) mass is 263 g/mol. The normalized spacial score (nSPS) is 11.2.